The molecule has 3 aromatic rings. The van der Waals surface area contributed by atoms with E-state index in [0.29, 0.717) is 0 Å². The van der Waals surface area contributed by atoms with Crippen molar-refractivity contribution in [3.05, 3.63) is 42.2 Å². The number of rotatable bonds is 5. The van der Waals surface area contributed by atoms with Crippen molar-refractivity contribution in [1.82, 2.24) is 0 Å². The Morgan fingerprint density at radius 3 is 2.20 bits per heavy atom. The zero-order valence-electron chi connectivity index (χ0n) is 15.7. The average Bonchev–Trinajstić information content (AvgIpc) is 3.04. The van der Waals surface area contributed by atoms with Crippen LogP contribution in [0.4, 0.5) is 17.6 Å². The molecule has 10 heteroatoms. The van der Waals surface area contributed by atoms with Crippen molar-refractivity contribution in [2.75, 3.05) is 0 Å². The summed E-state index contributed by atoms with van der Waals surface area (Å²) in [6, 6.07) is 4.81. The van der Waals surface area contributed by atoms with E-state index in [9.17, 15) is 27.2 Å². The smallest absolute Gasteiger partial charge is 0.449 e. The zero-order valence-corrected chi connectivity index (χ0v) is 15.7. The van der Waals surface area contributed by atoms with E-state index in [0.717, 1.165) is 12.1 Å². The topological polar surface area (TPSA) is 75.0 Å². The summed E-state index contributed by atoms with van der Waals surface area (Å²) in [7, 11) is 0. The Morgan fingerprint density at radius 2 is 1.63 bits per heavy atom. The minimum Gasteiger partial charge on any atom is -0.449 e. The van der Waals surface area contributed by atoms with Crippen molar-refractivity contribution in [3.63, 3.8) is 0 Å². The number of alkyl halides is 3. The van der Waals surface area contributed by atoms with E-state index in [-0.39, 0.29) is 22.8 Å². The second-order valence-electron chi connectivity index (χ2n) is 6.17. The van der Waals surface area contributed by atoms with E-state index in [1.807, 2.05) is 0 Å². The van der Waals surface area contributed by atoms with E-state index < -0.39 is 52.5 Å². The van der Waals surface area contributed by atoms with Crippen LogP contribution in [0, 0.1) is 5.82 Å². The van der Waals surface area contributed by atoms with Crippen LogP contribution in [0.15, 0.2) is 40.8 Å². The molecule has 2 aromatic carbocycles. The molecule has 1 aromatic heterocycles. The molecule has 0 fully saturated rings. The first kappa shape index (κ1) is 21.2. The number of hydrogen-bond acceptors (Lipinski definition) is 6. The summed E-state index contributed by atoms with van der Waals surface area (Å²) < 4.78 is 72.7. The van der Waals surface area contributed by atoms with Crippen LogP contribution in [-0.2, 0) is 9.59 Å². The Hall–Kier alpha value is -3.56. The van der Waals surface area contributed by atoms with E-state index in [4.69, 9.17) is 13.9 Å². The van der Waals surface area contributed by atoms with Gasteiger partial charge in [0, 0.05) is 22.8 Å². The number of esters is 2. The molecule has 0 aliphatic rings. The first-order valence-electron chi connectivity index (χ1n) is 8.53. The standard InChI is InChI=1S/C20H14F4O6/c1-4-14(25)27-13-8-6-11-10-5-7-12(28-19(26)9(2)3)15(21)16(10)29-17(11)18(13)30-20(22,23)24/h5-8H,2,4H2,1,3H3. The maximum atomic E-state index is 14.8. The molecular weight excluding hydrogens is 412 g/mol. The normalized spacial score (nSPS) is 11.5. The lowest BCUT2D eigenvalue weighted by Crippen LogP contribution is -2.18. The number of halogens is 4. The van der Waals surface area contributed by atoms with Gasteiger partial charge in [0.2, 0.25) is 11.6 Å². The second-order valence-corrected chi connectivity index (χ2v) is 6.17. The molecule has 0 aliphatic carbocycles. The van der Waals surface area contributed by atoms with Crippen LogP contribution < -0.4 is 14.2 Å². The molecule has 0 atom stereocenters. The summed E-state index contributed by atoms with van der Waals surface area (Å²) in [5.74, 6) is -4.77. The van der Waals surface area contributed by atoms with Crippen LogP contribution in [0.5, 0.6) is 17.2 Å². The van der Waals surface area contributed by atoms with Crippen molar-refractivity contribution in [2.24, 2.45) is 0 Å². The van der Waals surface area contributed by atoms with Gasteiger partial charge in [0.15, 0.2) is 22.7 Å². The quantitative estimate of drug-likeness (QED) is 0.235. The van der Waals surface area contributed by atoms with E-state index in [1.165, 1.54) is 26.0 Å². The number of hydrogen-bond donors (Lipinski definition) is 0. The molecule has 6 nitrogen and oxygen atoms in total. The summed E-state index contributed by atoms with van der Waals surface area (Å²) in [4.78, 5) is 23.2. The number of carbonyl (C=O) groups is 2. The van der Waals surface area contributed by atoms with Gasteiger partial charge in [0.1, 0.15) is 0 Å². The predicted octanol–water partition coefficient (Wildman–Crippen LogP) is 5.42. The predicted molar refractivity (Wildman–Crippen MR) is 96.7 cm³/mol. The molecule has 158 valence electrons. The summed E-state index contributed by atoms with van der Waals surface area (Å²) >= 11 is 0. The molecule has 0 N–H and O–H groups in total. The molecule has 0 bridgehead atoms. The maximum absolute atomic E-state index is 14.8. The molecule has 0 unspecified atom stereocenters. The highest BCUT2D eigenvalue weighted by Gasteiger charge is 2.35. The van der Waals surface area contributed by atoms with Crippen LogP contribution >= 0.6 is 0 Å². The molecule has 3 rings (SSSR count). The highest BCUT2D eigenvalue weighted by atomic mass is 19.4. The molecule has 0 aliphatic heterocycles. The summed E-state index contributed by atoms with van der Waals surface area (Å²) in [5, 5.41) is 0.162. The third kappa shape index (κ3) is 4.07. The molecule has 0 saturated heterocycles. The van der Waals surface area contributed by atoms with Gasteiger partial charge in [0.25, 0.3) is 0 Å². The fourth-order valence-electron chi connectivity index (χ4n) is 2.56. The largest absolute Gasteiger partial charge is 0.573 e. The van der Waals surface area contributed by atoms with Gasteiger partial charge in [-0.2, -0.15) is 4.39 Å². The SMILES string of the molecule is C=C(C)C(=O)Oc1ccc2c(oc3c(OC(F)(F)F)c(OC(=O)CC)ccc32)c1F. The first-order valence-corrected chi connectivity index (χ1v) is 8.53. The van der Waals surface area contributed by atoms with Gasteiger partial charge in [-0.25, -0.2) is 4.79 Å². The first-order chi connectivity index (χ1) is 14.0. The number of ether oxygens (including phenoxy) is 3. The Kier molecular flexibility index (Phi) is 5.43. The van der Waals surface area contributed by atoms with E-state index >= 15 is 0 Å². The van der Waals surface area contributed by atoms with Crippen molar-refractivity contribution < 1.29 is 45.8 Å². The number of furan rings is 1. The number of fused-ring (bicyclic) bond motifs is 3. The van der Waals surface area contributed by atoms with Gasteiger partial charge >= 0.3 is 18.3 Å². The monoisotopic (exact) mass is 426 g/mol. The molecule has 1 heterocycles. The lowest BCUT2D eigenvalue weighted by Gasteiger charge is -2.13. The van der Waals surface area contributed by atoms with Gasteiger partial charge in [0.05, 0.1) is 0 Å². The molecular formula is C20H14F4O6. The van der Waals surface area contributed by atoms with Gasteiger partial charge in [-0.1, -0.05) is 13.5 Å². The average molecular weight is 426 g/mol. The van der Waals surface area contributed by atoms with Crippen molar-refractivity contribution in [1.29, 1.82) is 0 Å². The Morgan fingerprint density at radius 1 is 1.03 bits per heavy atom. The van der Waals surface area contributed by atoms with Gasteiger partial charge in [-0.05, 0) is 31.2 Å². The van der Waals surface area contributed by atoms with Crippen LogP contribution in [0.1, 0.15) is 20.3 Å². The number of benzene rings is 2. The van der Waals surface area contributed by atoms with Crippen molar-refractivity contribution in [2.45, 2.75) is 26.6 Å². The lowest BCUT2D eigenvalue weighted by molar-refractivity contribution is -0.274. The summed E-state index contributed by atoms with van der Waals surface area (Å²) in [6.07, 6.45) is -5.24. The van der Waals surface area contributed by atoms with E-state index in [1.54, 1.807) is 0 Å². The lowest BCUT2D eigenvalue weighted by atomic mass is 10.1. The molecule has 30 heavy (non-hydrogen) atoms. The highest BCUT2D eigenvalue weighted by Crippen LogP contribution is 2.44. The molecule has 0 radical (unpaired) electrons. The third-order valence-electron chi connectivity index (χ3n) is 3.91. The van der Waals surface area contributed by atoms with Gasteiger partial charge in [-0.3, -0.25) is 4.79 Å². The third-order valence-corrected chi connectivity index (χ3v) is 3.91. The number of carbonyl (C=O) groups excluding carboxylic acids is 2. The summed E-state index contributed by atoms with van der Waals surface area (Å²) in [5.41, 5.74) is -0.948. The van der Waals surface area contributed by atoms with Crippen LogP contribution in [0.3, 0.4) is 0 Å². The molecule has 0 saturated carbocycles. The highest BCUT2D eigenvalue weighted by molar-refractivity contribution is 6.08. The fourth-order valence-corrected chi connectivity index (χ4v) is 2.56. The zero-order chi connectivity index (χ0) is 22.2. The van der Waals surface area contributed by atoms with Crippen molar-refractivity contribution >= 4 is 33.9 Å². The Labute approximate surface area is 166 Å². The van der Waals surface area contributed by atoms with Crippen LogP contribution in [0.25, 0.3) is 21.9 Å². The van der Waals surface area contributed by atoms with E-state index in [2.05, 4.69) is 11.3 Å². The Balaban J connectivity index is 2.22. The molecule has 0 spiro atoms. The minimum absolute atomic E-state index is 0.0161. The maximum Gasteiger partial charge on any atom is 0.573 e. The minimum atomic E-state index is -5.14. The van der Waals surface area contributed by atoms with Gasteiger partial charge in [-0.15, -0.1) is 13.2 Å². The van der Waals surface area contributed by atoms with Crippen LogP contribution in [-0.4, -0.2) is 18.3 Å². The fraction of sp³-hybridized carbons (Fsp3) is 0.200. The molecule has 0 amide bonds. The second kappa shape index (κ2) is 7.69. The Bertz CT molecular complexity index is 1180. The summed E-state index contributed by atoms with van der Waals surface area (Å²) in [6.45, 7) is 6.19. The van der Waals surface area contributed by atoms with Crippen LogP contribution in [0.2, 0.25) is 0 Å². The van der Waals surface area contributed by atoms with Gasteiger partial charge < -0.3 is 18.6 Å². The van der Waals surface area contributed by atoms with Crippen molar-refractivity contribution in [3.8, 4) is 17.2 Å².